The van der Waals surface area contributed by atoms with E-state index in [1.54, 1.807) is 24.3 Å². The largest absolute Gasteiger partial charge is 0.377 e. The summed E-state index contributed by atoms with van der Waals surface area (Å²) in [4.78, 5) is 35.5. The molecule has 3 atom stereocenters. The molecule has 2 fully saturated rings. The number of hydrogen-bond donors (Lipinski definition) is 4. The Bertz CT molecular complexity index is 975. The summed E-state index contributed by atoms with van der Waals surface area (Å²) in [7, 11) is 0. The molecule has 2 saturated heterocycles. The van der Waals surface area contributed by atoms with Gasteiger partial charge in [0.2, 0.25) is 5.91 Å². The fraction of sp³-hybridized carbons (Fsp3) is 0.519. The van der Waals surface area contributed by atoms with Crippen molar-refractivity contribution in [1.82, 2.24) is 21.3 Å². The van der Waals surface area contributed by atoms with E-state index in [0.717, 1.165) is 30.6 Å². The monoisotopic (exact) mass is 528 g/mol. The molecule has 4 amide bonds. The summed E-state index contributed by atoms with van der Waals surface area (Å²) in [5.41, 5.74) is 1.39. The van der Waals surface area contributed by atoms with Crippen molar-refractivity contribution in [3.05, 3.63) is 48.0 Å². The van der Waals surface area contributed by atoms with E-state index in [1.807, 2.05) is 11.8 Å². The van der Waals surface area contributed by atoms with E-state index in [-0.39, 0.29) is 29.9 Å². The molecule has 0 spiro atoms. The molecule has 2 aliphatic heterocycles. The van der Waals surface area contributed by atoms with Crippen molar-refractivity contribution in [2.75, 3.05) is 45.3 Å². The summed E-state index contributed by atoms with van der Waals surface area (Å²) in [5.74, 6) is 6.50. The minimum atomic E-state index is -0.163. The molecule has 2 heterocycles. The van der Waals surface area contributed by atoms with Crippen LogP contribution in [0.2, 0.25) is 0 Å². The molecule has 0 radical (unpaired) electrons. The van der Waals surface area contributed by atoms with E-state index >= 15 is 0 Å². The fourth-order valence-electron chi connectivity index (χ4n) is 4.13. The molecular formula is C27H36N4O5S. The number of carbonyl (C=O) groups excluding carboxylic acids is 3. The average molecular weight is 529 g/mol. The van der Waals surface area contributed by atoms with Gasteiger partial charge in [0.25, 0.3) is 5.91 Å². The zero-order chi connectivity index (χ0) is 26.3. The van der Waals surface area contributed by atoms with Crippen LogP contribution in [-0.2, 0) is 14.3 Å². The van der Waals surface area contributed by atoms with E-state index in [9.17, 15) is 14.4 Å². The number of unbranched alkanes of at least 4 members (excludes halogenated alkanes) is 1. The van der Waals surface area contributed by atoms with Crippen LogP contribution in [0.3, 0.4) is 0 Å². The Morgan fingerprint density at radius 3 is 2.51 bits per heavy atom. The molecule has 0 saturated carbocycles. The van der Waals surface area contributed by atoms with Crippen molar-refractivity contribution in [3.63, 3.8) is 0 Å². The molecule has 9 nitrogen and oxygen atoms in total. The molecule has 1 aromatic rings. The van der Waals surface area contributed by atoms with Gasteiger partial charge in [-0.1, -0.05) is 24.8 Å². The number of nitrogens with one attached hydrogen (secondary N) is 4. The Hall–Kier alpha value is -3.00. The van der Waals surface area contributed by atoms with E-state index in [4.69, 9.17) is 9.47 Å². The molecule has 0 unspecified atom stereocenters. The van der Waals surface area contributed by atoms with Crippen LogP contribution in [0.4, 0.5) is 4.79 Å². The van der Waals surface area contributed by atoms with Gasteiger partial charge in [0, 0.05) is 41.6 Å². The van der Waals surface area contributed by atoms with Crippen molar-refractivity contribution in [2.45, 2.75) is 43.0 Å². The van der Waals surface area contributed by atoms with Gasteiger partial charge in [0.05, 0.1) is 38.5 Å². The van der Waals surface area contributed by atoms with Crippen LogP contribution in [0.1, 0.15) is 41.6 Å². The first kappa shape index (κ1) is 28.6. The first-order valence-electron chi connectivity index (χ1n) is 12.7. The van der Waals surface area contributed by atoms with E-state index in [2.05, 4.69) is 39.7 Å². The Labute approximate surface area is 222 Å². The van der Waals surface area contributed by atoms with Crippen molar-refractivity contribution < 1.29 is 23.9 Å². The van der Waals surface area contributed by atoms with Crippen molar-refractivity contribution in [3.8, 4) is 11.8 Å². The molecule has 4 N–H and O–H groups in total. The number of amides is 4. The standard InChI is InChI=1S/C27H36N4O5S/c1-2-3-6-20-9-11-21(12-10-20)26(33)29-14-16-36-18-17-35-15-13-28-24(32)8-5-4-7-23-25-22(19-37-23)30-27(34)31-25/h2,9-12,22-23,25H,1,4-5,7-8,13-19H2,(H,28,32)(H,29,33)(H2,30,31,34)/t22-,23-,25-/m0/s1. The van der Waals surface area contributed by atoms with E-state index in [1.165, 1.54) is 6.08 Å². The van der Waals surface area contributed by atoms with Crippen molar-refractivity contribution in [2.24, 2.45) is 0 Å². The number of fused-ring (bicyclic) bond motifs is 1. The summed E-state index contributed by atoms with van der Waals surface area (Å²) in [6.07, 6.45) is 4.83. The molecule has 0 aromatic heterocycles. The van der Waals surface area contributed by atoms with Gasteiger partial charge in [-0.25, -0.2) is 4.79 Å². The Kier molecular flexibility index (Phi) is 12.3. The Balaban J connectivity index is 1.10. The lowest BCUT2D eigenvalue weighted by Crippen LogP contribution is -2.36. The zero-order valence-corrected chi connectivity index (χ0v) is 21.9. The second kappa shape index (κ2) is 16.0. The lowest BCUT2D eigenvalue weighted by atomic mass is 10.0. The van der Waals surface area contributed by atoms with Gasteiger partial charge in [-0.05, 0) is 43.2 Å². The maximum Gasteiger partial charge on any atom is 0.315 e. The molecule has 0 bridgehead atoms. The minimum Gasteiger partial charge on any atom is -0.377 e. The Morgan fingerprint density at radius 2 is 1.78 bits per heavy atom. The fourth-order valence-corrected chi connectivity index (χ4v) is 5.67. The van der Waals surface area contributed by atoms with Gasteiger partial charge in [0.15, 0.2) is 0 Å². The number of benzene rings is 1. The molecular weight excluding hydrogens is 492 g/mol. The van der Waals surface area contributed by atoms with E-state index in [0.29, 0.717) is 56.8 Å². The molecule has 10 heteroatoms. The highest BCUT2D eigenvalue weighted by Crippen LogP contribution is 2.33. The quantitative estimate of drug-likeness (QED) is 0.157. The summed E-state index contributed by atoms with van der Waals surface area (Å²) in [6.45, 7) is 6.06. The lowest BCUT2D eigenvalue weighted by molar-refractivity contribution is -0.121. The molecule has 37 heavy (non-hydrogen) atoms. The summed E-state index contributed by atoms with van der Waals surface area (Å²) >= 11 is 1.90. The van der Waals surface area contributed by atoms with Crippen LogP contribution in [0.25, 0.3) is 0 Å². The van der Waals surface area contributed by atoms with E-state index < -0.39 is 0 Å². The van der Waals surface area contributed by atoms with Gasteiger partial charge >= 0.3 is 6.03 Å². The third kappa shape index (κ3) is 10.1. The highest BCUT2D eigenvalue weighted by atomic mass is 32.2. The van der Waals surface area contributed by atoms with Crippen LogP contribution in [0, 0.1) is 11.8 Å². The molecule has 200 valence electrons. The number of rotatable bonds is 15. The second-order valence-electron chi connectivity index (χ2n) is 8.75. The summed E-state index contributed by atoms with van der Waals surface area (Å²) in [6, 6.07) is 7.45. The van der Waals surface area contributed by atoms with Crippen LogP contribution in [0.15, 0.2) is 36.9 Å². The highest BCUT2D eigenvalue weighted by molar-refractivity contribution is 8.00. The third-order valence-electron chi connectivity index (χ3n) is 6.02. The SMILES string of the molecule is C=CC#Cc1ccc(C(=O)NCCOCCOCCNC(=O)CCCC[C@@H]2SC[C@@H]3NC(=O)N[C@@H]32)cc1. The second-order valence-corrected chi connectivity index (χ2v) is 10.0. The predicted molar refractivity (Wildman–Crippen MR) is 144 cm³/mol. The number of hydrogen-bond acceptors (Lipinski definition) is 6. The maximum atomic E-state index is 12.1. The van der Waals surface area contributed by atoms with Crippen molar-refractivity contribution in [1.29, 1.82) is 0 Å². The number of urea groups is 1. The molecule has 2 aliphatic rings. The smallest absolute Gasteiger partial charge is 0.315 e. The summed E-state index contributed by atoms with van der Waals surface area (Å²) < 4.78 is 10.9. The van der Waals surface area contributed by atoms with Crippen LogP contribution < -0.4 is 21.3 Å². The predicted octanol–water partition coefficient (Wildman–Crippen LogP) is 1.83. The van der Waals surface area contributed by atoms with Crippen LogP contribution in [0.5, 0.6) is 0 Å². The van der Waals surface area contributed by atoms with Crippen molar-refractivity contribution >= 4 is 29.6 Å². The minimum absolute atomic E-state index is 0.0303. The van der Waals surface area contributed by atoms with Gasteiger partial charge < -0.3 is 30.7 Å². The molecule has 1 aromatic carbocycles. The van der Waals surface area contributed by atoms with Gasteiger partial charge in [-0.2, -0.15) is 11.8 Å². The lowest BCUT2D eigenvalue weighted by Gasteiger charge is -2.16. The highest BCUT2D eigenvalue weighted by Gasteiger charge is 2.42. The first-order valence-corrected chi connectivity index (χ1v) is 13.7. The Morgan fingerprint density at radius 1 is 1.05 bits per heavy atom. The number of carbonyl (C=O) groups is 3. The maximum absolute atomic E-state index is 12.1. The number of ether oxygens (including phenoxy) is 2. The zero-order valence-electron chi connectivity index (χ0n) is 21.1. The number of thioether (sulfide) groups is 1. The van der Waals surface area contributed by atoms with Gasteiger partial charge in [0.1, 0.15) is 0 Å². The topological polar surface area (TPSA) is 118 Å². The average Bonchev–Trinajstić information content (AvgIpc) is 3.45. The molecule has 3 rings (SSSR count). The normalized spacial score (nSPS) is 19.7. The van der Waals surface area contributed by atoms with Crippen LogP contribution >= 0.6 is 11.8 Å². The first-order chi connectivity index (χ1) is 18.1. The third-order valence-corrected chi connectivity index (χ3v) is 7.53. The van der Waals surface area contributed by atoms with Gasteiger partial charge in [-0.15, -0.1) is 0 Å². The molecule has 0 aliphatic carbocycles. The number of allylic oxidation sites excluding steroid dienone is 1. The van der Waals surface area contributed by atoms with Gasteiger partial charge in [-0.3, -0.25) is 9.59 Å². The van der Waals surface area contributed by atoms with Crippen LogP contribution in [-0.4, -0.2) is 80.4 Å². The summed E-state index contributed by atoms with van der Waals surface area (Å²) in [5, 5.41) is 12.0.